The Bertz CT molecular complexity index is 2150. The third-order valence-corrected chi connectivity index (χ3v) is 7.71. The van der Waals surface area contributed by atoms with Gasteiger partial charge in [-0.2, -0.15) is 0 Å². The predicted octanol–water partition coefficient (Wildman–Crippen LogP) is 10.0. The van der Waals surface area contributed by atoms with Crippen LogP contribution in [-0.2, 0) is 0 Å². The fraction of sp³-hybridized carbons (Fsp3) is 0.139. The second-order valence-electron chi connectivity index (χ2n) is 11.2. The maximum Gasteiger partial charge on any atom is 0.131 e. The summed E-state index contributed by atoms with van der Waals surface area (Å²) in [6.07, 6.45) is 15.0. The third kappa shape index (κ3) is 19.0. The molecule has 0 aliphatic heterocycles. The Morgan fingerprint density at radius 2 is 1.17 bits per heavy atom. The van der Waals surface area contributed by atoms with Gasteiger partial charge >= 0.3 is 0 Å². The number of hydrogen-bond donors (Lipinski definition) is 5. The third-order valence-electron chi connectivity index (χ3n) is 5.80. The number of nitrogens with two attached hydrogens (primary N) is 4. The van der Waals surface area contributed by atoms with E-state index in [4.69, 9.17) is 87.4 Å². The van der Waals surface area contributed by atoms with Gasteiger partial charge in [0, 0.05) is 60.9 Å². The van der Waals surface area contributed by atoms with Gasteiger partial charge in [-0.05, 0) is 55.0 Å². The fourth-order valence-corrected chi connectivity index (χ4v) is 4.57. The first kappa shape index (κ1) is 48.2. The monoisotopic (exact) mass is 836 g/mol. The van der Waals surface area contributed by atoms with Crippen molar-refractivity contribution in [1.82, 2.24) is 29.9 Å². The number of anilines is 4. The molecule has 0 saturated heterocycles. The molecule has 9 N–H and O–H groups in total. The highest BCUT2D eigenvalue weighted by molar-refractivity contribution is 6.83. The summed E-state index contributed by atoms with van der Waals surface area (Å²) in [6, 6.07) is 11.8. The number of aromatic amines is 1. The summed E-state index contributed by atoms with van der Waals surface area (Å²) in [6.45, 7) is 8.43. The molecule has 282 valence electrons. The van der Waals surface area contributed by atoms with Crippen molar-refractivity contribution in [2.45, 2.75) is 34.0 Å². The zero-order chi connectivity index (χ0) is 38.1. The van der Waals surface area contributed by atoms with Crippen molar-refractivity contribution in [3.8, 4) is 23.8 Å². The highest BCUT2D eigenvalue weighted by Gasteiger charge is 2.08. The minimum Gasteiger partial charge on any atom is -0.399 e. The average Bonchev–Trinajstić information content (AvgIpc) is 3.51. The average molecular weight is 839 g/mol. The van der Waals surface area contributed by atoms with Gasteiger partial charge < -0.3 is 27.9 Å². The van der Waals surface area contributed by atoms with Gasteiger partial charge in [0.05, 0.1) is 22.5 Å². The summed E-state index contributed by atoms with van der Waals surface area (Å²) in [5.74, 6) is 5.42. The highest BCUT2D eigenvalue weighted by Crippen LogP contribution is 2.16. The molecule has 0 aliphatic rings. The molecule has 0 aliphatic carbocycles. The molecule has 0 spiro atoms. The zero-order valence-corrected chi connectivity index (χ0v) is 33.2. The molecule has 0 fully saturated rings. The van der Waals surface area contributed by atoms with E-state index in [0.29, 0.717) is 54.1 Å². The summed E-state index contributed by atoms with van der Waals surface area (Å²) >= 11 is 27.8. The molecule has 0 aromatic carbocycles. The molecule has 17 heteroatoms. The first-order chi connectivity index (χ1) is 24.0. The molecule has 0 saturated carbocycles. The minimum atomic E-state index is -1.35. The van der Waals surface area contributed by atoms with E-state index in [0.717, 1.165) is 22.0 Å². The van der Waals surface area contributed by atoms with Crippen LogP contribution >= 0.6 is 58.0 Å². The van der Waals surface area contributed by atoms with Crippen LogP contribution in [0.4, 0.5) is 27.5 Å². The van der Waals surface area contributed by atoms with Crippen molar-refractivity contribution in [1.29, 1.82) is 0 Å². The smallest absolute Gasteiger partial charge is 0.131 e. The summed E-state index contributed by atoms with van der Waals surface area (Å²) in [4.78, 5) is 22.2. The number of hydrogen-bond acceptors (Lipinski definition) is 9. The van der Waals surface area contributed by atoms with E-state index in [2.05, 4.69) is 66.9 Å². The van der Waals surface area contributed by atoms with Crippen LogP contribution in [0.1, 0.15) is 25.5 Å². The van der Waals surface area contributed by atoms with E-state index < -0.39 is 8.07 Å². The number of terminal acetylenes is 1. The number of fused-ring (bicyclic) bond motifs is 1. The van der Waals surface area contributed by atoms with E-state index in [1.807, 2.05) is 19.2 Å². The van der Waals surface area contributed by atoms with Crippen LogP contribution < -0.4 is 22.9 Å². The van der Waals surface area contributed by atoms with Gasteiger partial charge in [0.25, 0.3) is 0 Å². The number of H-pyrrole nitrogens is 1. The van der Waals surface area contributed by atoms with Crippen molar-refractivity contribution in [2.75, 3.05) is 22.9 Å². The maximum absolute atomic E-state index is 5.74. The number of rotatable bonds is 0. The Hall–Kier alpha value is -4.79. The van der Waals surface area contributed by atoms with E-state index in [-0.39, 0.29) is 13.6 Å². The SMILES string of the molecule is C.C#Cc1cnc(Cl)cc1N.C[Si](C)(C)C#Cc1cnc(Cl)cc1N.Cc1cnc(Cl)cc1N.Clc1cc2[nH]ccc2cn1.F.Nc1ccnc(Cl)c1.[HH]. The zero-order valence-electron chi connectivity index (χ0n) is 28.4. The van der Waals surface area contributed by atoms with Crippen LogP contribution in [-0.4, -0.2) is 38.0 Å². The number of halogens is 6. The molecule has 6 heterocycles. The summed E-state index contributed by atoms with van der Waals surface area (Å²) in [5, 5.41) is 3.25. The topological polar surface area (TPSA) is 184 Å². The Morgan fingerprint density at radius 3 is 1.62 bits per heavy atom. The van der Waals surface area contributed by atoms with Crippen LogP contribution in [0, 0.1) is 30.7 Å². The number of aromatic nitrogens is 6. The predicted molar refractivity (Wildman–Crippen MR) is 230 cm³/mol. The maximum atomic E-state index is 5.74. The van der Waals surface area contributed by atoms with Crippen LogP contribution in [0.2, 0.25) is 45.4 Å². The van der Waals surface area contributed by atoms with E-state index in [1.165, 1.54) is 12.3 Å². The lowest BCUT2D eigenvalue weighted by atomic mass is 10.2. The van der Waals surface area contributed by atoms with Crippen LogP contribution in [0.3, 0.4) is 0 Å². The van der Waals surface area contributed by atoms with Gasteiger partial charge in [0.2, 0.25) is 0 Å². The normalized spacial score (nSPS) is 9.43. The lowest BCUT2D eigenvalue weighted by Crippen LogP contribution is -2.16. The molecule has 0 amide bonds. The first-order valence-electron chi connectivity index (χ1n) is 14.6. The number of nitrogens with one attached hydrogen (secondary N) is 1. The van der Waals surface area contributed by atoms with Crippen LogP contribution in [0.25, 0.3) is 10.9 Å². The van der Waals surface area contributed by atoms with Gasteiger partial charge in [0.15, 0.2) is 0 Å². The van der Waals surface area contributed by atoms with Crippen molar-refractivity contribution in [2.24, 2.45) is 0 Å². The second-order valence-corrected chi connectivity index (χ2v) is 17.9. The Morgan fingerprint density at radius 1 is 0.679 bits per heavy atom. The van der Waals surface area contributed by atoms with Crippen molar-refractivity contribution >= 4 is 99.7 Å². The molecule has 53 heavy (non-hydrogen) atoms. The van der Waals surface area contributed by atoms with Crippen molar-refractivity contribution < 1.29 is 6.13 Å². The van der Waals surface area contributed by atoms with Gasteiger partial charge in [-0.1, -0.05) is 96.9 Å². The lowest BCUT2D eigenvalue weighted by Gasteiger charge is -2.04. The van der Waals surface area contributed by atoms with Gasteiger partial charge in [-0.25, -0.2) is 24.9 Å². The van der Waals surface area contributed by atoms with E-state index in [9.17, 15) is 0 Å². The largest absolute Gasteiger partial charge is 0.399 e. The van der Waals surface area contributed by atoms with E-state index in [1.54, 1.807) is 55.1 Å². The molecule has 0 bridgehead atoms. The molecule has 0 unspecified atom stereocenters. The van der Waals surface area contributed by atoms with Gasteiger partial charge in [-0.3, -0.25) is 4.70 Å². The number of pyridine rings is 5. The quantitative estimate of drug-likeness (QED) is 0.0564. The molecule has 6 aromatic rings. The lowest BCUT2D eigenvalue weighted by molar-refractivity contribution is 1.11. The Balaban J connectivity index is 0. The minimum absolute atomic E-state index is 0. The summed E-state index contributed by atoms with van der Waals surface area (Å²) in [5.41, 5.74) is 31.0. The van der Waals surface area contributed by atoms with Crippen molar-refractivity contribution in [3.05, 3.63) is 122 Å². The van der Waals surface area contributed by atoms with Crippen LogP contribution in [0.15, 0.2) is 79.6 Å². The Labute approximate surface area is 336 Å². The summed E-state index contributed by atoms with van der Waals surface area (Å²) in [7, 11) is -1.35. The molecular weight excluding hydrogens is 797 g/mol. The first-order valence-corrected chi connectivity index (χ1v) is 20.0. The number of nitrogen functional groups attached to an aromatic ring is 4. The fourth-order valence-electron chi connectivity index (χ4n) is 3.22. The molecule has 10 nitrogen and oxygen atoms in total. The Kier molecular flexibility index (Phi) is 21.6. The van der Waals surface area contributed by atoms with E-state index >= 15 is 0 Å². The van der Waals surface area contributed by atoms with Gasteiger partial charge in [0.1, 0.15) is 33.8 Å². The van der Waals surface area contributed by atoms with Gasteiger partial charge in [-0.15, -0.1) is 12.0 Å². The highest BCUT2D eigenvalue weighted by atomic mass is 35.5. The number of nitrogens with zero attached hydrogens (tertiary/aromatic N) is 5. The standard InChI is InChI=1S/C10H13ClN2Si.2C7H5ClN2.C6H7ClN2.C5H5ClN2.CH4.FH.H2/c1-14(2,3)5-4-8-7-13-10(11)6-9(8)12;8-7-3-6-5(4-10-7)1-2-9-6;1-2-5-4-10-7(8)3-6(5)9;1-4-3-9-6(7)2-5(4)8;6-5-3-4(7)1-2-8-5;;;/h6-7H,1-3H3,(H2,12,13);1-4,9H;1,3-4H,(H2,9,10);2-3H,1H3,(H2,8,9);1-3H,(H2,7,8);1H4;2*1H. The molecule has 6 rings (SSSR count). The summed E-state index contributed by atoms with van der Waals surface area (Å²) < 4.78 is 0. The second kappa shape index (κ2) is 23.7. The molecule has 0 atom stereocenters. The number of aryl methyl sites for hydroxylation is 1. The van der Waals surface area contributed by atoms with Crippen LogP contribution in [0.5, 0.6) is 0 Å². The molecule has 0 radical (unpaired) electrons. The molecular formula is C36H42Cl5FN10Si. The molecule has 6 aromatic heterocycles. The van der Waals surface area contributed by atoms with Crippen molar-refractivity contribution in [3.63, 3.8) is 0 Å².